The van der Waals surface area contributed by atoms with Crippen molar-refractivity contribution in [2.75, 3.05) is 19.8 Å². The third-order valence-electron chi connectivity index (χ3n) is 3.92. The Morgan fingerprint density at radius 2 is 2.14 bits per heavy atom. The fraction of sp³-hybridized carbons (Fsp3) is 0.588. The van der Waals surface area contributed by atoms with Gasteiger partial charge in [-0.05, 0) is 44.6 Å². The topological polar surface area (TPSA) is 45.7 Å². The Morgan fingerprint density at radius 3 is 2.77 bits per heavy atom. The number of benzene rings is 1. The van der Waals surface area contributed by atoms with Gasteiger partial charge in [-0.3, -0.25) is 4.99 Å². The molecule has 2 N–H and O–H groups in total. The third-order valence-corrected chi connectivity index (χ3v) is 5.01. The highest BCUT2D eigenvalue weighted by Gasteiger charge is 2.24. The summed E-state index contributed by atoms with van der Waals surface area (Å²) in [6, 6.07) is 10.4. The number of para-hydroxylation sites is 1. The van der Waals surface area contributed by atoms with E-state index in [0.717, 1.165) is 23.5 Å². The fourth-order valence-corrected chi connectivity index (χ4v) is 3.48. The molecule has 4 nitrogen and oxygen atoms in total. The Morgan fingerprint density at radius 1 is 1.36 bits per heavy atom. The molecule has 0 radical (unpaired) electrons. The van der Waals surface area contributed by atoms with E-state index in [-0.39, 0.29) is 6.10 Å². The maximum atomic E-state index is 5.87. The number of nitrogens with zero attached hydrogens (tertiary/aromatic N) is 1. The molecule has 122 valence electrons. The first kappa shape index (κ1) is 17.0. The molecule has 1 aromatic rings. The Hall–Kier alpha value is -1.36. The number of thioether (sulfide) groups is 1. The number of hydrogen-bond acceptors (Lipinski definition) is 3. The van der Waals surface area contributed by atoms with Gasteiger partial charge < -0.3 is 15.4 Å². The van der Waals surface area contributed by atoms with Crippen LogP contribution in [0.15, 0.2) is 35.3 Å². The minimum absolute atomic E-state index is 0.0865. The second kappa shape index (κ2) is 8.93. The Balaban J connectivity index is 1.72. The zero-order valence-corrected chi connectivity index (χ0v) is 14.5. The van der Waals surface area contributed by atoms with Crippen LogP contribution in [0.2, 0.25) is 0 Å². The molecular formula is C17H27N3OS. The maximum absolute atomic E-state index is 5.87. The normalized spacial score (nSPS) is 23.1. The first-order valence-corrected chi connectivity index (χ1v) is 9.21. The van der Waals surface area contributed by atoms with Crippen LogP contribution in [0.4, 0.5) is 0 Å². The van der Waals surface area contributed by atoms with Crippen LogP contribution in [-0.2, 0) is 0 Å². The zero-order chi connectivity index (χ0) is 15.8. The Labute approximate surface area is 138 Å². The van der Waals surface area contributed by atoms with E-state index in [4.69, 9.17) is 4.74 Å². The van der Waals surface area contributed by atoms with Crippen molar-refractivity contribution >= 4 is 17.7 Å². The fourth-order valence-electron chi connectivity index (χ4n) is 2.69. The largest absolute Gasteiger partial charge is 0.489 e. The van der Waals surface area contributed by atoms with Crippen molar-refractivity contribution in [1.29, 1.82) is 0 Å². The predicted molar refractivity (Wildman–Crippen MR) is 96.0 cm³/mol. The van der Waals surface area contributed by atoms with Gasteiger partial charge in [-0.2, -0.15) is 11.8 Å². The van der Waals surface area contributed by atoms with Crippen molar-refractivity contribution in [3.8, 4) is 5.75 Å². The maximum Gasteiger partial charge on any atom is 0.191 e. The minimum Gasteiger partial charge on any atom is -0.489 e. The number of guanidine groups is 1. The van der Waals surface area contributed by atoms with Crippen LogP contribution in [0.25, 0.3) is 0 Å². The summed E-state index contributed by atoms with van der Waals surface area (Å²) in [5.41, 5.74) is 0. The molecule has 3 atom stereocenters. The van der Waals surface area contributed by atoms with Crippen LogP contribution in [0.5, 0.6) is 5.75 Å². The molecular weight excluding hydrogens is 294 g/mol. The van der Waals surface area contributed by atoms with Crippen LogP contribution in [0, 0.1) is 0 Å². The summed E-state index contributed by atoms with van der Waals surface area (Å²) in [7, 11) is 1.82. The number of rotatable bonds is 6. The molecule has 22 heavy (non-hydrogen) atoms. The molecule has 1 aromatic carbocycles. The van der Waals surface area contributed by atoms with Crippen molar-refractivity contribution in [1.82, 2.24) is 10.6 Å². The lowest BCUT2D eigenvalue weighted by Gasteiger charge is -2.20. The van der Waals surface area contributed by atoms with E-state index in [2.05, 4.69) is 28.8 Å². The van der Waals surface area contributed by atoms with E-state index in [1.807, 2.05) is 49.1 Å². The summed E-state index contributed by atoms with van der Waals surface area (Å²) in [5.74, 6) is 1.77. The monoisotopic (exact) mass is 321 g/mol. The molecule has 1 fully saturated rings. The second-order valence-electron chi connectivity index (χ2n) is 5.71. The number of aliphatic imine (C=N–C) groups is 1. The molecule has 0 saturated heterocycles. The summed E-state index contributed by atoms with van der Waals surface area (Å²) in [4.78, 5) is 4.31. The number of ether oxygens (including phenoxy) is 1. The molecule has 1 aliphatic carbocycles. The van der Waals surface area contributed by atoms with Gasteiger partial charge in [0.15, 0.2) is 5.96 Å². The molecule has 3 unspecified atom stereocenters. The van der Waals surface area contributed by atoms with Gasteiger partial charge in [0.05, 0.1) is 6.54 Å². The van der Waals surface area contributed by atoms with Gasteiger partial charge in [0.25, 0.3) is 0 Å². The third kappa shape index (κ3) is 5.44. The standard InChI is InChI=1S/C17H27N3OS/c1-13(21-15-7-5-4-6-8-15)12-19-17(18-2)20-14-9-10-16(11-14)22-3/h4-8,13-14,16H,9-12H2,1-3H3,(H2,18,19,20). The van der Waals surface area contributed by atoms with Crippen LogP contribution < -0.4 is 15.4 Å². The van der Waals surface area contributed by atoms with E-state index >= 15 is 0 Å². The highest BCUT2D eigenvalue weighted by atomic mass is 32.2. The molecule has 0 heterocycles. The SMILES string of the molecule is CN=C(NCC(C)Oc1ccccc1)NC1CCC(SC)C1. The number of hydrogen-bond donors (Lipinski definition) is 2. The first-order valence-electron chi connectivity index (χ1n) is 7.93. The average molecular weight is 321 g/mol. The van der Waals surface area contributed by atoms with Gasteiger partial charge in [0, 0.05) is 18.3 Å². The van der Waals surface area contributed by atoms with Crippen molar-refractivity contribution in [3.05, 3.63) is 30.3 Å². The summed E-state index contributed by atoms with van der Waals surface area (Å²) in [5, 5.41) is 7.66. The van der Waals surface area contributed by atoms with Gasteiger partial charge in [-0.1, -0.05) is 18.2 Å². The van der Waals surface area contributed by atoms with Gasteiger partial charge >= 0.3 is 0 Å². The highest BCUT2D eigenvalue weighted by Crippen LogP contribution is 2.27. The van der Waals surface area contributed by atoms with Gasteiger partial charge in [0.2, 0.25) is 0 Å². The molecule has 0 spiro atoms. The summed E-state index contributed by atoms with van der Waals surface area (Å²) in [6.45, 7) is 2.79. The Kier molecular flexibility index (Phi) is 6.90. The quantitative estimate of drug-likeness (QED) is 0.625. The summed E-state index contributed by atoms with van der Waals surface area (Å²) in [6.07, 6.45) is 6.02. The first-order chi connectivity index (χ1) is 10.7. The van der Waals surface area contributed by atoms with Crippen molar-refractivity contribution in [2.45, 2.75) is 43.6 Å². The van der Waals surface area contributed by atoms with Crippen molar-refractivity contribution < 1.29 is 4.74 Å². The van der Waals surface area contributed by atoms with Crippen LogP contribution in [0.1, 0.15) is 26.2 Å². The molecule has 5 heteroatoms. The Bertz CT molecular complexity index is 466. The zero-order valence-electron chi connectivity index (χ0n) is 13.7. The second-order valence-corrected chi connectivity index (χ2v) is 6.84. The summed E-state index contributed by atoms with van der Waals surface area (Å²) >= 11 is 1.97. The molecule has 1 saturated carbocycles. The average Bonchev–Trinajstić information content (AvgIpc) is 3.00. The van der Waals surface area contributed by atoms with E-state index in [1.165, 1.54) is 19.3 Å². The molecule has 0 aromatic heterocycles. The molecule has 1 aliphatic rings. The summed E-state index contributed by atoms with van der Waals surface area (Å²) < 4.78 is 5.87. The van der Waals surface area contributed by atoms with Gasteiger partial charge in [-0.25, -0.2) is 0 Å². The smallest absolute Gasteiger partial charge is 0.191 e. The van der Waals surface area contributed by atoms with E-state index in [9.17, 15) is 0 Å². The molecule has 0 aliphatic heterocycles. The van der Waals surface area contributed by atoms with Gasteiger partial charge in [-0.15, -0.1) is 0 Å². The lowest BCUT2D eigenvalue weighted by Crippen LogP contribution is -2.45. The van der Waals surface area contributed by atoms with Gasteiger partial charge in [0.1, 0.15) is 11.9 Å². The molecule has 0 bridgehead atoms. The highest BCUT2D eigenvalue weighted by molar-refractivity contribution is 7.99. The van der Waals surface area contributed by atoms with E-state index in [1.54, 1.807) is 0 Å². The lowest BCUT2D eigenvalue weighted by atomic mass is 10.2. The van der Waals surface area contributed by atoms with Crippen molar-refractivity contribution in [3.63, 3.8) is 0 Å². The predicted octanol–water partition coefficient (Wildman–Crippen LogP) is 2.90. The van der Waals surface area contributed by atoms with Crippen LogP contribution >= 0.6 is 11.8 Å². The van der Waals surface area contributed by atoms with Crippen LogP contribution in [-0.4, -0.2) is 43.2 Å². The minimum atomic E-state index is 0.0865. The molecule has 0 amide bonds. The van der Waals surface area contributed by atoms with E-state index < -0.39 is 0 Å². The van der Waals surface area contributed by atoms with Crippen LogP contribution in [0.3, 0.4) is 0 Å². The van der Waals surface area contributed by atoms with E-state index in [0.29, 0.717) is 6.04 Å². The lowest BCUT2D eigenvalue weighted by molar-refractivity contribution is 0.223. The van der Waals surface area contributed by atoms with Crippen molar-refractivity contribution in [2.24, 2.45) is 4.99 Å². The molecule has 2 rings (SSSR count). The number of nitrogens with one attached hydrogen (secondary N) is 2.